The summed E-state index contributed by atoms with van der Waals surface area (Å²) in [5.74, 6) is 0. The van der Waals surface area contributed by atoms with Crippen LogP contribution in [-0.2, 0) is 0 Å². The molecule has 4 heteroatoms. The SMILES string of the molecule is c1ccc2c(c1)sc1ccc3c(c4ccccc4n3-c3ccc(-c4ccc(-n5c6ccccc6c6c7c(ccc65)sc5ccccc57)cc4)cc3)c12. The average Bonchev–Trinajstić information content (AvgIpc) is 3.95. The van der Waals surface area contributed by atoms with E-state index in [1.165, 1.54) is 106 Å². The van der Waals surface area contributed by atoms with Gasteiger partial charge in [-0.25, -0.2) is 0 Å². The molecule has 12 rings (SSSR count). The minimum absolute atomic E-state index is 1.17. The van der Waals surface area contributed by atoms with Crippen LogP contribution in [0.25, 0.3) is 106 Å². The summed E-state index contributed by atoms with van der Waals surface area (Å²) in [6, 6.07) is 62.7. The van der Waals surface area contributed by atoms with Gasteiger partial charge in [-0.1, -0.05) is 97.1 Å². The number of rotatable bonds is 3. The molecule has 2 nitrogen and oxygen atoms in total. The van der Waals surface area contributed by atoms with Gasteiger partial charge in [0.05, 0.1) is 22.1 Å². The van der Waals surface area contributed by atoms with Gasteiger partial charge < -0.3 is 9.13 Å². The number of hydrogen-bond acceptors (Lipinski definition) is 2. The fourth-order valence-electron chi connectivity index (χ4n) is 8.71. The molecular weight excluding hydrogens is 669 g/mol. The molecule has 0 aliphatic carbocycles. The van der Waals surface area contributed by atoms with Gasteiger partial charge in [-0.3, -0.25) is 0 Å². The smallest absolute Gasteiger partial charge is 0.0548 e. The van der Waals surface area contributed by atoms with Crippen molar-refractivity contribution in [2.45, 2.75) is 0 Å². The molecular formula is C48H28N2S2. The zero-order chi connectivity index (χ0) is 33.9. The fraction of sp³-hybridized carbons (Fsp3) is 0. The number of nitrogens with zero attached hydrogens (tertiary/aromatic N) is 2. The number of fused-ring (bicyclic) bond motifs is 14. The van der Waals surface area contributed by atoms with Crippen molar-refractivity contribution in [2.75, 3.05) is 0 Å². The maximum atomic E-state index is 2.43. The quantitative estimate of drug-likeness (QED) is 0.174. The maximum Gasteiger partial charge on any atom is 0.0548 e. The molecule has 8 aromatic carbocycles. The molecule has 0 aliphatic heterocycles. The normalized spacial score (nSPS) is 12.2. The monoisotopic (exact) mass is 696 g/mol. The average molecular weight is 697 g/mol. The highest BCUT2D eigenvalue weighted by atomic mass is 32.1. The van der Waals surface area contributed by atoms with Gasteiger partial charge in [-0.15, -0.1) is 22.7 Å². The van der Waals surface area contributed by atoms with Crippen molar-refractivity contribution in [2.24, 2.45) is 0 Å². The highest BCUT2D eigenvalue weighted by molar-refractivity contribution is 7.26. The van der Waals surface area contributed by atoms with Gasteiger partial charge in [0, 0.05) is 73.3 Å². The van der Waals surface area contributed by atoms with Crippen molar-refractivity contribution in [3.8, 4) is 22.5 Å². The van der Waals surface area contributed by atoms with Gasteiger partial charge in [0.2, 0.25) is 0 Å². The molecule has 0 bridgehead atoms. The largest absolute Gasteiger partial charge is 0.309 e. The molecule has 12 aromatic rings. The lowest BCUT2D eigenvalue weighted by Crippen LogP contribution is -1.94. The Morgan fingerprint density at radius 3 is 1.10 bits per heavy atom. The Hall–Kier alpha value is -6.20. The molecule has 0 radical (unpaired) electrons. The van der Waals surface area contributed by atoms with E-state index in [1.54, 1.807) is 0 Å². The number of aromatic nitrogens is 2. The van der Waals surface area contributed by atoms with Crippen LogP contribution in [-0.4, -0.2) is 9.13 Å². The van der Waals surface area contributed by atoms with E-state index in [2.05, 4.69) is 179 Å². The molecule has 52 heavy (non-hydrogen) atoms. The second-order valence-electron chi connectivity index (χ2n) is 13.7. The summed E-state index contributed by atoms with van der Waals surface area (Å²) in [6.07, 6.45) is 0. The summed E-state index contributed by atoms with van der Waals surface area (Å²) in [5, 5.41) is 10.7. The zero-order valence-corrected chi connectivity index (χ0v) is 29.5. The fourth-order valence-corrected chi connectivity index (χ4v) is 10.9. The van der Waals surface area contributed by atoms with Gasteiger partial charge >= 0.3 is 0 Å². The minimum atomic E-state index is 1.17. The van der Waals surface area contributed by atoms with E-state index in [-0.39, 0.29) is 0 Å². The standard InChI is InChI=1S/C48H28N2S2/c1-5-13-37-33(9-1)45-39(25-27-43-47(45)35-11-3-7-15-41(35)51-43)49(37)31-21-17-29(18-22-31)30-19-23-32(24-20-30)50-38-14-6-2-10-34(38)46-40(50)26-28-44-48(46)36-12-4-8-16-42(36)52-44/h1-28H. The Balaban J connectivity index is 0.973. The van der Waals surface area contributed by atoms with E-state index in [0.717, 1.165) is 0 Å². The number of thiophene rings is 2. The van der Waals surface area contributed by atoms with E-state index >= 15 is 0 Å². The summed E-state index contributed by atoms with van der Waals surface area (Å²) in [7, 11) is 0. The van der Waals surface area contributed by atoms with Crippen LogP contribution >= 0.6 is 22.7 Å². The molecule has 0 atom stereocenters. The van der Waals surface area contributed by atoms with Crippen LogP contribution in [0.1, 0.15) is 0 Å². The summed E-state index contributed by atoms with van der Waals surface area (Å²) in [5.41, 5.74) is 9.70. The van der Waals surface area contributed by atoms with Crippen molar-refractivity contribution in [3.05, 3.63) is 170 Å². The van der Waals surface area contributed by atoms with E-state index in [0.29, 0.717) is 0 Å². The van der Waals surface area contributed by atoms with Crippen molar-refractivity contribution >= 4 is 107 Å². The van der Waals surface area contributed by atoms with Gasteiger partial charge in [-0.2, -0.15) is 0 Å². The molecule has 0 unspecified atom stereocenters. The minimum Gasteiger partial charge on any atom is -0.309 e. The number of hydrogen-bond donors (Lipinski definition) is 0. The molecule has 242 valence electrons. The van der Waals surface area contributed by atoms with Crippen LogP contribution in [0.2, 0.25) is 0 Å². The first-order chi connectivity index (χ1) is 25.8. The van der Waals surface area contributed by atoms with Gasteiger partial charge in [-0.05, 0) is 83.9 Å². The van der Waals surface area contributed by atoms with Crippen molar-refractivity contribution in [3.63, 3.8) is 0 Å². The lowest BCUT2D eigenvalue weighted by atomic mass is 10.0. The predicted octanol–water partition coefficient (Wildman–Crippen LogP) is 14.3. The van der Waals surface area contributed by atoms with Crippen LogP contribution in [0.4, 0.5) is 0 Å². The lowest BCUT2D eigenvalue weighted by Gasteiger charge is -2.11. The molecule has 0 N–H and O–H groups in total. The Morgan fingerprint density at radius 2 is 0.654 bits per heavy atom. The zero-order valence-electron chi connectivity index (χ0n) is 27.9. The Labute approximate surface area is 306 Å². The molecule has 0 fully saturated rings. The van der Waals surface area contributed by atoms with Gasteiger partial charge in [0.15, 0.2) is 0 Å². The predicted molar refractivity (Wildman–Crippen MR) is 226 cm³/mol. The lowest BCUT2D eigenvalue weighted by molar-refractivity contribution is 1.18. The third-order valence-corrected chi connectivity index (χ3v) is 13.2. The van der Waals surface area contributed by atoms with Gasteiger partial charge in [0.25, 0.3) is 0 Å². The van der Waals surface area contributed by atoms with Crippen LogP contribution < -0.4 is 0 Å². The Kier molecular flexibility index (Phi) is 5.84. The first-order valence-electron chi connectivity index (χ1n) is 17.7. The first kappa shape index (κ1) is 28.5. The van der Waals surface area contributed by atoms with Crippen LogP contribution in [0.5, 0.6) is 0 Å². The molecule has 0 saturated carbocycles. The summed E-state index contributed by atoms with van der Waals surface area (Å²) in [4.78, 5) is 0. The first-order valence-corrected chi connectivity index (χ1v) is 19.3. The summed E-state index contributed by atoms with van der Waals surface area (Å²) >= 11 is 3.76. The number of benzene rings is 8. The van der Waals surface area contributed by atoms with E-state index < -0.39 is 0 Å². The number of para-hydroxylation sites is 2. The second kappa shape index (κ2) is 10.7. The molecule has 0 saturated heterocycles. The third kappa shape index (κ3) is 3.88. The highest BCUT2D eigenvalue weighted by Crippen LogP contribution is 2.45. The van der Waals surface area contributed by atoms with Crippen LogP contribution in [0, 0.1) is 0 Å². The summed E-state index contributed by atoms with van der Waals surface area (Å²) < 4.78 is 10.2. The Morgan fingerprint density at radius 1 is 0.269 bits per heavy atom. The topological polar surface area (TPSA) is 9.86 Å². The van der Waals surface area contributed by atoms with E-state index in [9.17, 15) is 0 Å². The van der Waals surface area contributed by atoms with Crippen LogP contribution in [0.15, 0.2) is 170 Å². The summed E-state index contributed by atoms with van der Waals surface area (Å²) in [6.45, 7) is 0. The van der Waals surface area contributed by atoms with E-state index in [1.807, 2.05) is 22.7 Å². The molecule has 4 heterocycles. The van der Waals surface area contributed by atoms with E-state index in [4.69, 9.17) is 0 Å². The van der Waals surface area contributed by atoms with Crippen molar-refractivity contribution in [1.82, 2.24) is 9.13 Å². The molecule has 0 spiro atoms. The Bertz CT molecular complexity index is 3160. The van der Waals surface area contributed by atoms with Crippen LogP contribution in [0.3, 0.4) is 0 Å². The van der Waals surface area contributed by atoms with Crippen molar-refractivity contribution in [1.29, 1.82) is 0 Å². The highest BCUT2D eigenvalue weighted by Gasteiger charge is 2.19. The third-order valence-electron chi connectivity index (χ3n) is 10.9. The molecule has 0 amide bonds. The molecule has 0 aliphatic rings. The molecule has 4 aromatic heterocycles. The second-order valence-corrected chi connectivity index (χ2v) is 15.8. The van der Waals surface area contributed by atoms with Crippen molar-refractivity contribution < 1.29 is 0 Å². The van der Waals surface area contributed by atoms with Gasteiger partial charge in [0.1, 0.15) is 0 Å². The maximum absolute atomic E-state index is 2.43.